The number of nitrogens with zero attached hydrogens (tertiary/aromatic N) is 1. The molecule has 1 aromatic carbocycles. The van der Waals surface area contributed by atoms with Crippen LogP contribution in [0.25, 0.3) is 0 Å². The van der Waals surface area contributed by atoms with Crippen LogP contribution in [0.2, 0.25) is 0 Å². The topological polar surface area (TPSA) is 22.0 Å². The molecule has 0 spiro atoms. The predicted molar refractivity (Wildman–Crippen MR) is 74.2 cm³/mol. The predicted octanol–water partition coefficient (Wildman–Crippen LogP) is 4.54. The fraction of sp³-hybridized carbons (Fsp3) is 0.312. The molecule has 0 aliphatic rings. The molecule has 5 heteroatoms. The van der Waals surface area contributed by atoms with Gasteiger partial charge < -0.3 is 4.57 Å². The summed E-state index contributed by atoms with van der Waals surface area (Å²) in [5, 5.41) is 0. The number of halogens is 3. The van der Waals surface area contributed by atoms with Gasteiger partial charge in [0.15, 0.2) is 5.78 Å². The summed E-state index contributed by atoms with van der Waals surface area (Å²) >= 11 is 0. The van der Waals surface area contributed by atoms with Crippen molar-refractivity contribution in [1.29, 1.82) is 0 Å². The molecule has 0 amide bonds. The van der Waals surface area contributed by atoms with Gasteiger partial charge in [-0.25, -0.2) is 0 Å². The highest BCUT2D eigenvalue weighted by Crippen LogP contribution is 2.29. The lowest BCUT2D eigenvalue weighted by Gasteiger charge is -2.08. The highest BCUT2D eigenvalue weighted by molar-refractivity contribution is 5.95. The van der Waals surface area contributed by atoms with Crippen molar-refractivity contribution in [2.75, 3.05) is 0 Å². The maximum atomic E-state index is 12.5. The van der Waals surface area contributed by atoms with Crippen molar-refractivity contribution >= 4 is 5.78 Å². The van der Waals surface area contributed by atoms with Crippen LogP contribution in [-0.2, 0) is 12.7 Å². The molecule has 0 aliphatic heterocycles. The first kappa shape index (κ1) is 15.4. The summed E-state index contributed by atoms with van der Waals surface area (Å²) in [7, 11) is 0. The number of hydrogen-bond acceptors (Lipinski definition) is 1. The molecule has 0 atom stereocenters. The maximum absolute atomic E-state index is 12.5. The average Bonchev–Trinajstić information content (AvgIpc) is 2.87. The summed E-state index contributed by atoms with van der Waals surface area (Å²) in [6.07, 6.45) is 0.481. The van der Waals surface area contributed by atoms with E-state index in [2.05, 4.69) is 0 Å². The van der Waals surface area contributed by atoms with Crippen LogP contribution in [-0.4, -0.2) is 10.4 Å². The van der Waals surface area contributed by atoms with Gasteiger partial charge >= 0.3 is 6.18 Å². The number of Topliss-reactive ketones (excluding diaryl/α,β-unsaturated/α-hetero) is 1. The first-order valence-corrected chi connectivity index (χ1v) is 6.75. The first-order valence-electron chi connectivity index (χ1n) is 6.75. The highest BCUT2D eigenvalue weighted by Gasteiger charge is 2.29. The molecule has 0 unspecified atom stereocenters. The normalized spacial score (nSPS) is 11.6. The zero-order chi connectivity index (χ0) is 15.5. The minimum absolute atomic E-state index is 0.0867. The van der Waals surface area contributed by atoms with Gasteiger partial charge in [0.05, 0.1) is 5.56 Å². The molecule has 1 heterocycles. The fourth-order valence-electron chi connectivity index (χ4n) is 2.09. The van der Waals surface area contributed by atoms with Gasteiger partial charge in [0.25, 0.3) is 0 Å². The Balaban J connectivity index is 2.07. The summed E-state index contributed by atoms with van der Waals surface area (Å²) in [4.78, 5) is 11.7. The lowest BCUT2D eigenvalue weighted by atomic mass is 10.1. The van der Waals surface area contributed by atoms with E-state index in [1.807, 2.05) is 6.92 Å². The molecular weight excluding hydrogens is 279 g/mol. The summed E-state index contributed by atoms with van der Waals surface area (Å²) < 4.78 is 39.2. The number of carbonyl (C=O) groups is 1. The number of rotatable bonds is 5. The maximum Gasteiger partial charge on any atom is 0.416 e. The standard InChI is InChI=1S/C16H16F3NO/c1-2-3-15(21)13-8-9-20(11-13)10-12-4-6-14(7-5-12)16(17,18)19/h4-9,11H,2-3,10H2,1H3. The van der Waals surface area contributed by atoms with Crippen molar-refractivity contribution in [2.24, 2.45) is 0 Å². The van der Waals surface area contributed by atoms with E-state index < -0.39 is 11.7 Å². The molecule has 0 saturated carbocycles. The Morgan fingerprint density at radius 2 is 1.81 bits per heavy atom. The van der Waals surface area contributed by atoms with Crippen molar-refractivity contribution in [3.05, 3.63) is 59.4 Å². The molecule has 0 saturated heterocycles. The number of ketones is 1. The average molecular weight is 295 g/mol. The molecule has 0 radical (unpaired) electrons. The van der Waals surface area contributed by atoms with E-state index in [1.54, 1.807) is 23.0 Å². The van der Waals surface area contributed by atoms with E-state index >= 15 is 0 Å². The van der Waals surface area contributed by atoms with Crippen LogP contribution >= 0.6 is 0 Å². The summed E-state index contributed by atoms with van der Waals surface area (Å²) in [5.74, 6) is 0.0867. The summed E-state index contributed by atoms with van der Waals surface area (Å²) in [6, 6.07) is 6.79. The molecule has 2 nitrogen and oxygen atoms in total. The van der Waals surface area contributed by atoms with Crippen LogP contribution in [0.3, 0.4) is 0 Å². The van der Waals surface area contributed by atoms with Gasteiger partial charge in [0, 0.05) is 30.9 Å². The second-order valence-electron chi connectivity index (χ2n) is 4.94. The summed E-state index contributed by atoms with van der Waals surface area (Å²) in [6.45, 7) is 2.38. The number of aromatic nitrogens is 1. The van der Waals surface area contributed by atoms with Crippen LogP contribution in [0.4, 0.5) is 13.2 Å². The zero-order valence-electron chi connectivity index (χ0n) is 11.7. The molecule has 0 bridgehead atoms. The Morgan fingerprint density at radius 3 is 2.38 bits per heavy atom. The van der Waals surface area contributed by atoms with Crippen molar-refractivity contribution in [3.8, 4) is 0 Å². The van der Waals surface area contributed by atoms with Gasteiger partial charge in [-0.15, -0.1) is 0 Å². The van der Waals surface area contributed by atoms with Crippen molar-refractivity contribution in [2.45, 2.75) is 32.5 Å². The van der Waals surface area contributed by atoms with Crippen LogP contribution in [0.15, 0.2) is 42.7 Å². The van der Waals surface area contributed by atoms with Crippen LogP contribution in [0, 0.1) is 0 Å². The number of alkyl halides is 3. The van der Waals surface area contributed by atoms with E-state index in [0.717, 1.165) is 24.1 Å². The minimum Gasteiger partial charge on any atom is -0.349 e. The smallest absolute Gasteiger partial charge is 0.349 e. The van der Waals surface area contributed by atoms with Gasteiger partial charge in [-0.3, -0.25) is 4.79 Å². The molecule has 2 aromatic rings. The number of carbonyl (C=O) groups excluding carboxylic acids is 1. The minimum atomic E-state index is -4.31. The van der Waals surface area contributed by atoms with Gasteiger partial charge in [-0.05, 0) is 30.2 Å². The first-order chi connectivity index (χ1) is 9.90. The fourth-order valence-corrected chi connectivity index (χ4v) is 2.09. The third-order valence-electron chi connectivity index (χ3n) is 3.20. The van der Waals surface area contributed by atoms with Gasteiger partial charge in [-0.2, -0.15) is 13.2 Å². The molecule has 1 aromatic heterocycles. The van der Waals surface area contributed by atoms with E-state index in [9.17, 15) is 18.0 Å². The van der Waals surface area contributed by atoms with Crippen molar-refractivity contribution in [3.63, 3.8) is 0 Å². The molecule has 21 heavy (non-hydrogen) atoms. The van der Waals surface area contributed by atoms with Crippen molar-refractivity contribution in [1.82, 2.24) is 4.57 Å². The second kappa shape index (κ2) is 6.16. The van der Waals surface area contributed by atoms with E-state index in [4.69, 9.17) is 0 Å². The lowest BCUT2D eigenvalue weighted by molar-refractivity contribution is -0.137. The second-order valence-corrected chi connectivity index (χ2v) is 4.94. The zero-order valence-corrected chi connectivity index (χ0v) is 11.7. The lowest BCUT2D eigenvalue weighted by Crippen LogP contribution is -2.05. The van der Waals surface area contributed by atoms with Gasteiger partial charge in [-0.1, -0.05) is 19.1 Å². The molecule has 2 rings (SSSR count). The van der Waals surface area contributed by atoms with Crippen molar-refractivity contribution < 1.29 is 18.0 Å². The Kier molecular flexibility index (Phi) is 4.50. The van der Waals surface area contributed by atoms with Crippen LogP contribution in [0.1, 0.15) is 41.3 Å². The Hall–Kier alpha value is -2.04. The van der Waals surface area contributed by atoms with Crippen LogP contribution in [0.5, 0.6) is 0 Å². The molecule has 112 valence electrons. The third kappa shape index (κ3) is 3.97. The third-order valence-corrected chi connectivity index (χ3v) is 3.20. The Morgan fingerprint density at radius 1 is 1.14 bits per heavy atom. The molecular formula is C16H16F3NO. The van der Waals surface area contributed by atoms with Gasteiger partial charge in [0.2, 0.25) is 0 Å². The molecule has 0 N–H and O–H groups in total. The summed E-state index contributed by atoms with van der Waals surface area (Å²) in [5.41, 5.74) is 0.745. The number of hydrogen-bond donors (Lipinski definition) is 0. The van der Waals surface area contributed by atoms with E-state index in [-0.39, 0.29) is 5.78 Å². The highest BCUT2D eigenvalue weighted by atomic mass is 19.4. The monoisotopic (exact) mass is 295 g/mol. The molecule has 0 fully saturated rings. The van der Waals surface area contributed by atoms with E-state index in [1.165, 1.54) is 12.1 Å². The largest absolute Gasteiger partial charge is 0.416 e. The SMILES string of the molecule is CCCC(=O)c1ccn(Cc2ccc(C(F)(F)F)cc2)c1. The Bertz CT molecular complexity index is 611. The quantitative estimate of drug-likeness (QED) is 0.742. The van der Waals surface area contributed by atoms with Gasteiger partial charge in [0.1, 0.15) is 0 Å². The number of benzene rings is 1. The van der Waals surface area contributed by atoms with Crippen LogP contribution < -0.4 is 0 Å². The Labute approximate surface area is 121 Å². The van der Waals surface area contributed by atoms with E-state index in [0.29, 0.717) is 18.5 Å². The molecule has 0 aliphatic carbocycles.